The van der Waals surface area contributed by atoms with E-state index < -0.39 is 0 Å². The van der Waals surface area contributed by atoms with Gasteiger partial charge in [0, 0.05) is 12.3 Å². The Morgan fingerprint density at radius 1 is 1.46 bits per heavy atom. The number of benzene rings is 1. The van der Waals surface area contributed by atoms with Gasteiger partial charge in [-0.15, -0.1) is 19.2 Å². The van der Waals surface area contributed by atoms with Crippen LogP contribution in [0.3, 0.4) is 0 Å². The van der Waals surface area contributed by atoms with E-state index in [2.05, 4.69) is 19.2 Å². The highest BCUT2D eigenvalue weighted by molar-refractivity contribution is 7.96. The average Bonchev–Trinajstić information content (AvgIpc) is 2.15. The van der Waals surface area contributed by atoms with Crippen LogP contribution < -0.4 is 0 Å². The number of hydrogen-bond donors (Lipinski definition) is 1. The third-order valence-electron chi connectivity index (χ3n) is 1.91. The van der Waals surface area contributed by atoms with Gasteiger partial charge in [0.15, 0.2) is 5.12 Å². The third kappa shape index (κ3) is 3.07. The summed E-state index contributed by atoms with van der Waals surface area (Å²) < 4.78 is 0. The van der Waals surface area contributed by atoms with Crippen molar-refractivity contribution < 1.29 is 4.79 Å². The van der Waals surface area contributed by atoms with Crippen LogP contribution >= 0.6 is 12.6 Å². The van der Waals surface area contributed by atoms with Gasteiger partial charge in [0.2, 0.25) is 0 Å². The second-order valence-corrected chi connectivity index (χ2v) is 3.35. The summed E-state index contributed by atoms with van der Waals surface area (Å²) in [6.07, 6.45) is 2.19. The Hall–Kier alpha value is -1.02. The lowest BCUT2D eigenvalue weighted by atomic mass is 9.97. The Kier molecular flexibility index (Phi) is 3.77. The predicted molar refractivity (Wildman–Crippen MR) is 58.0 cm³/mol. The van der Waals surface area contributed by atoms with Crippen LogP contribution in [0.5, 0.6) is 0 Å². The van der Waals surface area contributed by atoms with E-state index in [0.29, 0.717) is 6.42 Å². The number of thiol groups is 1. The van der Waals surface area contributed by atoms with Crippen molar-refractivity contribution in [1.82, 2.24) is 0 Å². The summed E-state index contributed by atoms with van der Waals surface area (Å²) >= 11 is 3.75. The van der Waals surface area contributed by atoms with Gasteiger partial charge < -0.3 is 0 Å². The minimum absolute atomic E-state index is 0.0891. The van der Waals surface area contributed by atoms with Crippen LogP contribution in [-0.4, -0.2) is 5.12 Å². The standard InChI is InChI=1S/C11H12OS/c1-2-9(8-11(12)13)10-6-4-3-5-7-10/h2-7,9H,1,8H2,(H,12,13). The number of rotatable bonds is 4. The summed E-state index contributed by atoms with van der Waals surface area (Å²) in [6.45, 7) is 3.70. The van der Waals surface area contributed by atoms with Crippen LogP contribution in [-0.2, 0) is 4.79 Å². The molecule has 0 amide bonds. The van der Waals surface area contributed by atoms with Gasteiger partial charge in [-0.2, -0.15) is 0 Å². The van der Waals surface area contributed by atoms with E-state index in [0.717, 1.165) is 5.56 Å². The Bertz CT molecular complexity index is 292. The van der Waals surface area contributed by atoms with Crippen LogP contribution in [0.1, 0.15) is 17.9 Å². The minimum atomic E-state index is -0.103. The molecule has 0 spiro atoms. The quantitative estimate of drug-likeness (QED) is 0.573. The fourth-order valence-electron chi connectivity index (χ4n) is 1.23. The Balaban J connectivity index is 2.78. The molecule has 1 aromatic rings. The first-order chi connectivity index (χ1) is 6.24. The van der Waals surface area contributed by atoms with Gasteiger partial charge in [0.1, 0.15) is 0 Å². The van der Waals surface area contributed by atoms with Crippen LogP contribution in [0.15, 0.2) is 43.0 Å². The first-order valence-corrected chi connectivity index (χ1v) is 4.58. The molecule has 0 aliphatic carbocycles. The first kappa shape index (κ1) is 10.1. The monoisotopic (exact) mass is 192 g/mol. The van der Waals surface area contributed by atoms with Gasteiger partial charge in [0.05, 0.1) is 0 Å². The fraction of sp³-hybridized carbons (Fsp3) is 0.182. The zero-order chi connectivity index (χ0) is 9.68. The number of carbonyl (C=O) groups is 1. The topological polar surface area (TPSA) is 17.1 Å². The lowest BCUT2D eigenvalue weighted by molar-refractivity contribution is -0.110. The number of carbonyl (C=O) groups excluding carboxylic acids is 1. The van der Waals surface area contributed by atoms with Crippen LogP contribution in [0.2, 0.25) is 0 Å². The normalized spacial score (nSPS) is 12.1. The molecule has 1 nitrogen and oxygen atoms in total. The van der Waals surface area contributed by atoms with Crippen LogP contribution in [0.25, 0.3) is 0 Å². The minimum Gasteiger partial charge on any atom is -0.287 e. The molecule has 0 fully saturated rings. The number of hydrogen-bond acceptors (Lipinski definition) is 1. The van der Waals surface area contributed by atoms with E-state index in [-0.39, 0.29) is 11.0 Å². The van der Waals surface area contributed by atoms with Gasteiger partial charge in [-0.3, -0.25) is 4.79 Å². The predicted octanol–water partition coefficient (Wildman–Crippen LogP) is 2.80. The second-order valence-electron chi connectivity index (χ2n) is 2.85. The lowest BCUT2D eigenvalue weighted by Crippen LogP contribution is -1.99. The van der Waals surface area contributed by atoms with Crippen molar-refractivity contribution in [1.29, 1.82) is 0 Å². The maximum absolute atomic E-state index is 10.8. The zero-order valence-corrected chi connectivity index (χ0v) is 8.21. The van der Waals surface area contributed by atoms with E-state index in [1.54, 1.807) is 6.08 Å². The summed E-state index contributed by atoms with van der Waals surface area (Å²) in [5.41, 5.74) is 1.11. The molecule has 13 heavy (non-hydrogen) atoms. The molecule has 0 aromatic heterocycles. The van der Waals surface area contributed by atoms with E-state index in [1.807, 2.05) is 30.3 Å². The van der Waals surface area contributed by atoms with E-state index in [4.69, 9.17) is 0 Å². The van der Waals surface area contributed by atoms with Crippen molar-refractivity contribution in [3.8, 4) is 0 Å². The van der Waals surface area contributed by atoms with Crippen molar-refractivity contribution >= 4 is 17.7 Å². The van der Waals surface area contributed by atoms with E-state index in [9.17, 15) is 4.79 Å². The molecule has 2 heteroatoms. The summed E-state index contributed by atoms with van der Waals surface area (Å²) in [7, 11) is 0. The van der Waals surface area contributed by atoms with Crippen molar-refractivity contribution in [3.63, 3.8) is 0 Å². The van der Waals surface area contributed by atoms with Gasteiger partial charge in [-0.25, -0.2) is 0 Å². The van der Waals surface area contributed by atoms with Crippen molar-refractivity contribution in [2.24, 2.45) is 0 Å². The van der Waals surface area contributed by atoms with Gasteiger partial charge in [0.25, 0.3) is 0 Å². The average molecular weight is 192 g/mol. The van der Waals surface area contributed by atoms with Gasteiger partial charge >= 0.3 is 0 Å². The van der Waals surface area contributed by atoms with Crippen molar-refractivity contribution in [2.75, 3.05) is 0 Å². The zero-order valence-electron chi connectivity index (χ0n) is 7.31. The van der Waals surface area contributed by atoms with Crippen LogP contribution in [0.4, 0.5) is 0 Å². The van der Waals surface area contributed by atoms with Crippen molar-refractivity contribution in [2.45, 2.75) is 12.3 Å². The fourth-order valence-corrected chi connectivity index (χ4v) is 1.42. The highest BCUT2D eigenvalue weighted by atomic mass is 32.1. The summed E-state index contributed by atoms with van der Waals surface area (Å²) in [5, 5.41) is -0.103. The molecule has 0 radical (unpaired) electrons. The molecule has 1 aromatic carbocycles. The second kappa shape index (κ2) is 4.87. The molecule has 1 rings (SSSR count). The van der Waals surface area contributed by atoms with E-state index in [1.165, 1.54) is 0 Å². The molecule has 0 saturated heterocycles. The maximum Gasteiger partial charge on any atom is 0.186 e. The molecule has 0 aliphatic heterocycles. The Morgan fingerprint density at radius 3 is 2.54 bits per heavy atom. The SMILES string of the molecule is C=CC(CC(=O)S)c1ccccc1. The summed E-state index contributed by atoms with van der Waals surface area (Å²) in [5.74, 6) is 0.0891. The smallest absolute Gasteiger partial charge is 0.186 e. The maximum atomic E-state index is 10.8. The summed E-state index contributed by atoms with van der Waals surface area (Å²) in [4.78, 5) is 10.8. The third-order valence-corrected chi connectivity index (χ3v) is 2.09. The molecule has 1 atom stereocenters. The summed E-state index contributed by atoms with van der Waals surface area (Å²) in [6, 6.07) is 9.84. The van der Waals surface area contributed by atoms with E-state index >= 15 is 0 Å². The van der Waals surface area contributed by atoms with Gasteiger partial charge in [-0.05, 0) is 5.56 Å². The van der Waals surface area contributed by atoms with Gasteiger partial charge in [-0.1, -0.05) is 36.4 Å². The van der Waals surface area contributed by atoms with Crippen LogP contribution in [0, 0.1) is 0 Å². The molecular weight excluding hydrogens is 180 g/mol. The molecule has 68 valence electrons. The lowest BCUT2D eigenvalue weighted by Gasteiger charge is -2.09. The number of allylic oxidation sites excluding steroid dienone is 1. The molecule has 0 saturated carbocycles. The molecule has 0 heterocycles. The molecule has 0 N–H and O–H groups in total. The van der Waals surface area contributed by atoms with Crippen molar-refractivity contribution in [3.05, 3.63) is 48.6 Å². The highest BCUT2D eigenvalue weighted by Crippen LogP contribution is 2.21. The highest BCUT2D eigenvalue weighted by Gasteiger charge is 2.09. The largest absolute Gasteiger partial charge is 0.287 e. The Labute approximate surface area is 83.9 Å². The molecule has 0 bridgehead atoms. The molecule has 0 aliphatic rings. The Morgan fingerprint density at radius 2 is 2.08 bits per heavy atom. The molecule has 1 unspecified atom stereocenters. The first-order valence-electron chi connectivity index (χ1n) is 4.13. The molecular formula is C11H12OS.